The van der Waals surface area contributed by atoms with E-state index in [1.54, 1.807) is 0 Å². The van der Waals surface area contributed by atoms with Gasteiger partial charge in [-0.15, -0.1) is 0 Å². The Morgan fingerprint density at radius 3 is 2.07 bits per heavy atom. The van der Waals surface area contributed by atoms with E-state index in [9.17, 15) is 22.8 Å². The lowest BCUT2D eigenvalue weighted by molar-refractivity contribution is -0.137. The van der Waals surface area contributed by atoms with Crippen molar-refractivity contribution in [3.63, 3.8) is 0 Å². The first-order valence-electron chi connectivity index (χ1n) is 8.61. The van der Waals surface area contributed by atoms with Crippen LogP contribution in [0.1, 0.15) is 40.7 Å². The lowest BCUT2D eigenvalue weighted by Gasteiger charge is -2.15. The average molecular weight is 378 g/mol. The van der Waals surface area contributed by atoms with E-state index in [4.69, 9.17) is 0 Å². The molecule has 2 aromatic rings. The largest absolute Gasteiger partial charge is 0.416 e. The van der Waals surface area contributed by atoms with E-state index < -0.39 is 17.6 Å². The molecule has 2 rings (SSSR count). The van der Waals surface area contributed by atoms with Gasteiger partial charge in [-0.2, -0.15) is 13.2 Å². The summed E-state index contributed by atoms with van der Waals surface area (Å²) in [7, 11) is 0. The molecule has 27 heavy (non-hydrogen) atoms. The Kier molecular flexibility index (Phi) is 6.98. The van der Waals surface area contributed by atoms with Crippen molar-refractivity contribution < 1.29 is 22.8 Å². The van der Waals surface area contributed by atoms with E-state index in [0.717, 1.165) is 29.8 Å². The van der Waals surface area contributed by atoms with Gasteiger partial charge in [0.05, 0.1) is 11.5 Å². The van der Waals surface area contributed by atoms with Gasteiger partial charge in [0.25, 0.3) is 5.91 Å². The summed E-state index contributed by atoms with van der Waals surface area (Å²) >= 11 is 0. The number of halogens is 3. The number of rotatable bonds is 7. The Labute approximate surface area is 155 Å². The van der Waals surface area contributed by atoms with Gasteiger partial charge in [0, 0.05) is 18.7 Å². The first-order valence-corrected chi connectivity index (χ1v) is 8.61. The fourth-order valence-electron chi connectivity index (χ4n) is 2.66. The average Bonchev–Trinajstić information content (AvgIpc) is 2.66. The van der Waals surface area contributed by atoms with Gasteiger partial charge in [-0.25, -0.2) is 0 Å². The third kappa shape index (κ3) is 5.84. The van der Waals surface area contributed by atoms with E-state index in [1.165, 1.54) is 0 Å². The maximum absolute atomic E-state index is 12.5. The Hall–Kier alpha value is -2.83. The summed E-state index contributed by atoms with van der Waals surface area (Å²) in [6.45, 7) is 2.33. The summed E-state index contributed by atoms with van der Waals surface area (Å²) in [5.74, 6) is -0.891. The van der Waals surface area contributed by atoms with Crippen LogP contribution in [0, 0.1) is 0 Å². The van der Waals surface area contributed by atoms with E-state index >= 15 is 0 Å². The minimum absolute atomic E-state index is 0.130. The number of carbonyl (C=O) groups is 2. The molecule has 0 aliphatic carbocycles. The van der Waals surface area contributed by atoms with Gasteiger partial charge in [0.2, 0.25) is 5.91 Å². The highest BCUT2D eigenvalue weighted by atomic mass is 19.4. The molecule has 0 fully saturated rings. The van der Waals surface area contributed by atoms with Crippen molar-refractivity contribution in [2.75, 3.05) is 13.1 Å². The molecule has 144 valence electrons. The van der Waals surface area contributed by atoms with Crippen LogP contribution in [0.5, 0.6) is 0 Å². The van der Waals surface area contributed by atoms with Gasteiger partial charge in [-0.3, -0.25) is 9.59 Å². The zero-order chi connectivity index (χ0) is 19.9. The molecule has 0 spiro atoms. The molecule has 2 N–H and O–H groups in total. The molecule has 0 heterocycles. The molecule has 0 aliphatic rings. The van der Waals surface area contributed by atoms with Crippen LogP contribution in [0.15, 0.2) is 54.6 Å². The van der Waals surface area contributed by atoms with Gasteiger partial charge >= 0.3 is 6.18 Å². The number of nitrogens with one attached hydrogen (secondary N) is 2. The summed E-state index contributed by atoms with van der Waals surface area (Å²) in [6.07, 6.45) is -3.79. The number of alkyl halides is 3. The van der Waals surface area contributed by atoms with Crippen molar-refractivity contribution in [2.45, 2.75) is 25.4 Å². The van der Waals surface area contributed by atoms with E-state index in [2.05, 4.69) is 10.6 Å². The third-order valence-corrected chi connectivity index (χ3v) is 4.11. The molecule has 0 bridgehead atoms. The first kappa shape index (κ1) is 20.5. The summed E-state index contributed by atoms with van der Waals surface area (Å²) in [5, 5.41) is 5.34. The molecular weight excluding hydrogens is 357 g/mol. The van der Waals surface area contributed by atoms with Crippen molar-refractivity contribution in [3.05, 3.63) is 71.3 Å². The zero-order valence-corrected chi connectivity index (χ0v) is 14.8. The molecular formula is C20H21F3N2O2. The highest BCUT2D eigenvalue weighted by Crippen LogP contribution is 2.29. The van der Waals surface area contributed by atoms with Crippen LogP contribution in [0.3, 0.4) is 0 Å². The number of carbonyl (C=O) groups excluding carboxylic acids is 2. The van der Waals surface area contributed by atoms with Gasteiger partial charge in [0.15, 0.2) is 0 Å². The Balaban J connectivity index is 1.80. The lowest BCUT2D eigenvalue weighted by Crippen LogP contribution is -2.36. The topological polar surface area (TPSA) is 58.2 Å². The van der Waals surface area contributed by atoms with Gasteiger partial charge in [-0.1, -0.05) is 37.3 Å². The maximum Gasteiger partial charge on any atom is 0.416 e. The zero-order valence-electron chi connectivity index (χ0n) is 14.8. The molecule has 1 atom stereocenters. The minimum atomic E-state index is -4.44. The normalized spacial score (nSPS) is 12.3. The highest BCUT2D eigenvalue weighted by Gasteiger charge is 2.30. The van der Waals surface area contributed by atoms with Crippen LogP contribution in [-0.2, 0) is 11.0 Å². The minimum Gasteiger partial charge on any atom is -0.354 e. The molecule has 0 aromatic heterocycles. The van der Waals surface area contributed by atoms with Crippen LogP contribution in [0.2, 0.25) is 0 Å². The fraction of sp³-hybridized carbons (Fsp3) is 0.300. The van der Waals surface area contributed by atoms with Crippen molar-refractivity contribution in [3.8, 4) is 0 Å². The van der Waals surface area contributed by atoms with Crippen LogP contribution in [-0.4, -0.2) is 24.9 Å². The summed E-state index contributed by atoms with van der Waals surface area (Å²) in [4.78, 5) is 24.2. The number of hydrogen-bond acceptors (Lipinski definition) is 2. The predicted octanol–water partition coefficient (Wildman–Crippen LogP) is 3.75. The lowest BCUT2D eigenvalue weighted by atomic mass is 9.96. The van der Waals surface area contributed by atoms with Crippen LogP contribution < -0.4 is 10.6 Å². The number of hydrogen-bond donors (Lipinski definition) is 2. The van der Waals surface area contributed by atoms with Gasteiger partial charge in [-0.05, 0) is 36.2 Å². The second-order valence-corrected chi connectivity index (χ2v) is 5.99. The van der Waals surface area contributed by atoms with Crippen molar-refractivity contribution >= 4 is 11.8 Å². The molecule has 0 saturated heterocycles. The number of benzene rings is 2. The Morgan fingerprint density at radius 2 is 1.52 bits per heavy atom. The SMILES string of the molecule is CCC(C(=O)NCCNC(=O)c1ccc(C(F)(F)F)cc1)c1ccccc1. The summed E-state index contributed by atoms with van der Waals surface area (Å²) < 4.78 is 37.6. The molecule has 1 unspecified atom stereocenters. The van der Waals surface area contributed by atoms with Crippen molar-refractivity contribution in [1.82, 2.24) is 10.6 Å². The van der Waals surface area contributed by atoms with E-state index in [-0.39, 0.29) is 30.5 Å². The Bertz CT molecular complexity index is 759. The molecule has 2 amide bonds. The molecule has 2 aromatic carbocycles. The van der Waals surface area contributed by atoms with E-state index in [1.807, 2.05) is 37.3 Å². The van der Waals surface area contributed by atoms with Crippen LogP contribution in [0.4, 0.5) is 13.2 Å². The second kappa shape index (κ2) is 9.21. The molecule has 0 saturated carbocycles. The first-order chi connectivity index (χ1) is 12.8. The van der Waals surface area contributed by atoms with E-state index in [0.29, 0.717) is 6.42 Å². The van der Waals surface area contributed by atoms with Crippen LogP contribution in [0.25, 0.3) is 0 Å². The predicted molar refractivity (Wildman–Crippen MR) is 96.3 cm³/mol. The molecule has 0 aliphatic heterocycles. The van der Waals surface area contributed by atoms with Crippen molar-refractivity contribution in [1.29, 1.82) is 0 Å². The molecule has 4 nitrogen and oxygen atoms in total. The molecule has 7 heteroatoms. The summed E-state index contributed by atoms with van der Waals surface area (Å²) in [6, 6.07) is 13.4. The number of amides is 2. The summed E-state index contributed by atoms with van der Waals surface area (Å²) in [5.41, 5.74) is 0.245. The smallest absolute Gasteiger partial charge is 0.354 e. The quantitative estimate of drug-likeness (QED) is 0.721. The monoisotopic (exact) mass is 378 g/mol. The van der Waals surface area contributed by atoms with Crippen LogP contribution >= 0.6 is 0 Å². The maximum atomic E-state index is 12.5. The highest BCUT2D eigenvalue weighted by molar-refractivity contribution is 5.94. The van der Waals surface area contributed by atoms with Gasteiger partial charge in [0.1, 0.15) is 0 Å². The fourth-order valence-corrected chi connectivity index (χ4v) is 2.66. The van der Waals surface area contributed by atoms with Gasteiger partial charge < -0.3 is 10.6 Å². The third-order valence-electron chi connectivity index (χ3n) is 4.11. The second-order valence-electron chi connectivity index (χ2n) is 5.99. The Morgan fingerprint density at radius 1 is 0.926 bits per heavy atom. The standard InChI is InChI=1S/C20H21F3N2O2/c1-2-17(14-6-4-3-5-7-14)19(27)25-13-12-24-18(26)15-8-10-16(11-9-15)20(21,22)23/h3-11,17H,2,12-13H2,1H3,(H,24,26)(H,25,27). The van der Waals surface area contributed by atoms with Crippen molar-refractivity contribution in [2.24, 2.45) is 0 Å². The molecule has 0 radical (unpaired) electrons.